The summed E-state index contributed by atoms with van der Waals surface area (Å²) in [5.41, 5.74) is 7.79. The monoisotopic (exact) mass is 451 g/mol. The molecule has 130 valence electrons. The first-order valence-corrected chi connectivity index (χ1v) is 9.70. The van der Waals surface area contributed by atoms with E-state index in [4.69, 9.17) is 5.73 Å². The van der Waals surface area contributed by atoms with Gasteiger partial charge in [-0.2, -0.15) is 0 Å². The molecule has 0 radical (unpaired) electrons. The molecule has 0 aromatic heterocycles. The molecular weight excluding hydrogens is 425 g/mol. The summed E-state index contributed by atoms with van der Waals surface area (Å²) >= 11 is 0. The third-order valence-electron chi connectivity index (χ3n) is 4.06. The van der Waals surface area contributed by atoms with Gasteiger partial charge in [0, 0.05) is 19.3 Å². The number of piperidine rings is 1. The number of guanidine groups is 1. The van der Waals surface area contributed by atoms with Crippen LogP contribution in [0.3, 0.4) is 0 Å². The van der Waals surface area contributed by atoms with Crippen molar-refractivity contribution in [3.8, 4) is 0 Å². The fraction of sp³-hybridized carbons (Fsp3) is 0.562. The highest BCUT2D eigenvalue weighted by Gasteiger charge is 2.17. The van der Waals surface area contributed by atoms with E-state index >= 15 is 0 Å². The van der Waals surface area contributed by atoms with Gasteiger partial charge in [0.2, 0.25) is 0 Å². The van der Waals surface area contributed by atoms with Crippen molar-refractivity contribution in [2.24, 2.45) is 16.6 Å². The summed E-state index contributed by atoms with van der Waals surface area (Å²) in [6.45, 7) is 4.57. The first-order valence-electron chi connectivity index (χ1n) is 7.64. The zero-order valence-electron chi connectivity index (χ0n) is 13.7. The predicted octanol–water partition coefficient (Wildman–Crippen LogP) is 2.40. The Hall–Kier alpha value is -0.830. The van der Waals surface area contributed by atoms with Crippen molar-refractivity contribution in [2.75, 3.05) is 19.3 Å². The number of benzene rings is 1. The van der Waals surface area contributed by atoms with Crippen LogP contribution in [0.2, 0.25) is 0 Å². The lowest BCUT2D eigenvalue weighted by atomic mass is 10.00. The van der Waals surface area contributed by atoms with Gasteiger partial charge in [-0.25, -0.2) is 13.4 Å². The maximum atomic E-state index is 11.5. The number of sulfone groups is 1. The molecule has 1 aromatic rings. The van der Waals surface area contributed by atoms with E-state index in [-0.39, 0.29) is 29.7 Å². The van der Waals surface area contributed by atoms with Crippen LogP contribution in [0.1, 0.15) is 30.9 Å². The SMILES string of the molecule is CC1CCN(C(N)=NCc2ccccc2CS(C)(=O)=O)CC1.I. The second-order valence-corrected chi connectivity index (χ2v) is 8.32. The maximum Gasteiger partial charge on any atom is 0.191 e. The molecule has 2 N–H and O–H groups in total. The zero-order valence-corrected chi connectivity index (χ0v) is 16.9. The van der Waals surface area contributed by atoms with Crippen LogP contribution in [0.25, 0.3) is 0 Å². The van der Waals surface area contributed by atoms with Gasteiger partial charge in [0.05, 0.1) is 12.3 Å². The van der Waals surface area contributed by atoms with Crippen LogP contribution in [0.4, 0.5) is 0 Å². The lowest BCUT2D eigenvalue weighted by Crippen LogP contribution is -2.42. The van der Waals surface area contributed by atoms with Gasteiger partial charge >= 0.3 is 0 Å². The Bertz CT molecular complexity index is 638. The van der Waals surface area contributed by atoms with Crippen molar-refractivity contribution in [3.63, 3.8) is 0 Å². The van der Waals surface area contributed by atoms with Crippen molar-refractivity contribution in [3.05, 3.63) is 35.4 Å². The van der Waals surface area contributed by atoms with Gasteiger partial charge in [0.15, 0.2) is 15.8 Å². The zero-order chi connectivity index (χ0) is 16.2. The molecule has 2 rings (SSSR count). The Kier molecular flexibility index (Phi) is 7.79. The summed E-state index contributed by atoms with van der Waals surface area (Å²) in [6.07, 6.45) is 3.53. The van der Waals surface area contributed by atoms with Crippen molar-refractivity contribution >= 4 is 39.8 Å². The Morgan fingerprint density at radius 2 is 1.83 bits per heavy atom. The minimum atomic E-state index is -3.05. The van der Waals surface area contributed by atoms with Gasteiger partial charge in [-0.1, -0.05) is 31.2 Å². The van der Waals surface area contributed by atoms with E-state index in [0.29, 0.717) is 12.5 Å². The minimum absolute atomic E-state index is 0. The highest BCUT2D eigenvalue weighted by molar-refractivity contribution is 14.0. The molecule has 0 saturated carbocycles. The summed E-state index contributed by atoms with van der Waals surface area (Å²) in [4.78, 5) is 6.57. The molecule has 0 atom stereocenters. The van der Waals surface area contributed by atoms with Crippen molar-refractivity contribution in [2.45, 2.75) is 32.1 Å². The first kappa shape index (κ1) is 20.2. The quantitative estimate of drug-likeness (QED) is 0.434. The van der Waals surface area contributed by atoms with E-state index < -0.39 is 9.84 Å². The molecule has 1 saturated heterocycles. The standard InChI is InChI=1S/C16H25N3O2S.HI/c1-13-7-9-19(10-8-13)16(17)18-11-14-5-3-4-6-15(14)12-22(2,20)21;/h3-6,13H,7-12H2,1-2H3,(H2,17,18);1H. The predicted molar refractivity (Wildman–Crippen MR) is 106 cm³/mol. The number of nitrogens with zero attached hydrogens (tertiary/aromatic N) is 2. The third kappa shape index (κ3) is 6.66. The van der Waals surface area contributed by atoms with E-state index in [1.807, 2.05) is 24.3 Å². The van der Waals surface area contributed by atoms with Crippen LogP contribution < -0.4 is 5.73 Å². The van der Waals surface area contributed by atoms with Gasteiger partial charge < -0.3 is 10.6 Å². The van der Waals surface area contributed by atoms with Crippen molar-refractivity contribution < 1.29 is 8.42 Å². The average Bonchev–Trinajstić information content (AvgIpc) is 2.45. The highest BCUT2D eigenvalue weighted by atomic mass is 127. The molecule has 1 heterocycles. The lowest BCUT2D eigenvalue weighted by molar-refractivity contribution is 0.277. The van der Waals surface area contributed by atoms with Gasteiger partial charge in [-0.3, -0.25) is 0 Å². The molecule has 0 spiro atoms. The van der Waals surface area contributed by atoms with Crippen LogP contribution in [0.15, 0.2) is 29.3 Å². The molecule has 7 heteroatoms. The maximum absolute atomic E-state index is 11.5. The summed E-state index contributed by atoms with van der Waals surface area (Å²) in [7, 11) is -3.05. The number of nitrogens with two attached hydrogens (primary N) is 1. The van der Waals surface area contributed by atoms with Gasteiger partial charge in [-0.05, 0) is 29.9 Å². The van der Waals surface area contributed by atoms with Gasteiger partial charge in [0.25, 0.3) is 0 Å². The molecule has 1 aliphatic heterocycles. The lowest BCUT2D eigenvalue weighted by Gasteiger charge is -2.31. The third-order valence-corrected chi connectivity index (χ3v) is 4.89. The number of rotatable bonds is 4. The summed E-state index contributed by atoms with van der Waals surface area (Å²) < 4.78 is 23.0. The molecule has 0 unspecified atom stereocenters. The Morgan fingerprint density at radius 1 is 1.26 bits per heavy atom. The van der Waals surface area contributed by atoms with Crippen LogP contribution in [0.5, 0.6) is 0 Å². The molecular formula is C16H26IN3O2S. The number of hydrogen-bond donors (Lipinski definition) is 1. The summed E-state index contributed by atoms with van der Waals surface area (Å²) in [5.74, 6) is 1.35. The first-order chi connectivity index (χ1) is 10.3. The van der Waals surface area contributed by atoms with E-state index in [9.17, 15) is 8.42 Å². The highest BCUT2D eigenvalue weighted by Crippen LogP contribution is 2.17. The summed E-state index contributed by atoms with van der Waals surface area (Å²) in [5, 5.41) is 0. The largest absolute Gasteiger partial charge is 0.370 e. The van der Waals surface area contributed by atoms with E-state index in [0.717, 1.165) is 43.0 Å². The summed E-state index contributed by atoms with van der Waals surface area (Å²) in [6, 6.07) is 7.50. The molecule has 0 bridgehead atoms. The topological polar surface area (TPSA) is 75.8 Å². The van der Waals surface area contributed by atoms with Gasteiger partial charge in [-0.15, -0.1) is 24.0 Å². The smallest absolute Gasteiger partial charge is 0.191 e. The molecule has 0 aliphatic carbocycles. The second-order valence-electron chi connectivity index (χ2n) is 6.18. The fourth-order valence-electron chi connectivity index (χ4n) is 2.64. The Morgan fingerprint density at radius 3 is 2.39 bits per heavy atom. The van der Waals surface area contributed by atoms with E-state index in [1.165, 1.54) is 6.26 Å². The minimum Gasteiger partial charge on any atom is -0.370 e. The Labute approximate surface area is 156 Å². The normalized spacial score (nSPS) is 17.0. The van der Waals surface area contributed by atoms with Crippen LogP contribution >= 0.6 is 24.0 Å². The molecule has 1 fully saturated rings. The molecule has 23 heavy (non-hydrogen) atoms. The van der Waals surface area contributed by atoms with Crippen molar-refractivity contribution in [1.82, 2.24) is 4.90 Å². The number of hydrogen-bond acceptors (Lipinski definition) is 3. The van der Waals surface area contributed by atoms with Crippen LogP contribution in [-0.2, 0) is 22.1 Å². The van der Waals surface area contributed by atoms with E-state index in [1.54, 1.807) is 0 Å². The Balaban J connectivity index is 0.00000264. The number of aliphatic imine (C=N–C) groups is 1. The van der Waals surface area contributed by atoms with E-state index in [2.05, 4.69) is 16.8 Å². The fourth-order valence-corrected chi connectivity index (χ4v) is 3.49. The molecule has 0 amide bonds. The number of halogens is 1. The second kappa shape index (κ2) is 8.86. The molecule has 1 aromatic carbocycles. The van der Waals surface area contributed by atoms with Crippen LogP contribution in [-0.4, -0.2) is 38.6 Å². The molecule has 1 aliphatic rings. The number of likely N-dealkylation sites (tertiary alicyclic amines) is 1. The van der Waals surface area contributed by atoms with Crippen LogP contribution in [0, 0.1) is 5.92 Å². The molecule has 5 nitrogen and oxygen atoms in total. The average molecular weight is 451 g/mol. The van der Waals surface area contributed by atoms with Gasteiger partial charge in [0.1, 0.15) is 0 Å². The van der Waals surface area contributed by atoms with Crippen molar-refractivity contribution in [1.29, 1.82) is 0 Å².